The molecule has 0 spiro atoms. The second-order valence-electron chi connectivity index (χ2n) is 15.4. The zero-order chi connectivity index (χ0) is 40.9. The van der Waals surface area contributed by atoms with Crippen molar-refractivity contribution in [2.75, 3.05) is 20.3 Å². The molecule has 302 valence electrons. The Bertz CT molecular complexity index is 1900. The predicted octanol–water partition coefficient (Wildman–Crippen LogP) is 4.42. The fourth-order valence-electron chi connectivity index (χ4n) is 6.74. The summed E-state index contributed by atoms with van der Waals surface area (Å²) in [6.45, 7) is 14.8. The monoisotopic (exact) mass is 784 g/mol. The average Bonchev–Trinajstić information content (AvgIpc) is 3.45. The summed E-state index contributed by atoms with van der Waals surface area (Å²) in [6.07, 6.45) is 13.7. The minimum absolute atomic E-state index is 0.0539. The first-order valence-electron chi connectivity index (χ1n) is 18.5. The Morgan fingerprint density at radius 1 is 1.27 bits per heavy atom. The van der Waals surface area contributed by atoms with Crippen LogP contribution >= 0.6 is 0 Å². The van der Waals surface area contributed by atoms with Gasteiger partial charge in [0.15, 0.2) is 11.8 Å². The summed E-state index contributed by atoms with van der Waals surface area (Å²) in [5.41, 5.74) is 7.57. The van der Waals surface area contributed by atoms with Crippen LogP contribution < -0.4 is 21.1 Å². The highest BCUT2D eigenvalue weighted by Gasteiger charge is 2.50. The molecule has 3 aliphatic rings. The van der Waals surface area contributed by atoms with Crippen LogP contribution in [0.5, 0.6) is 5.75 Å². The summed E-state index contributed by atoms with van der Waals surface area (Å²) >= 11 is 0. The van der Waals surface area contributed by atoms with E-state index in [0.29, 0.717) is 0 Å². The molecule has 1 fully saturated rings. The lowest BCUT2D eigenvalue weighted by atomic mass is 9.75. The van der Waals surface area contributed by atoms with Gasteiger partial charge in [0.05, 0.1) is 17.1 Å². The molecule has 15 nitrogen and oxygen atoms in total. The number of aliphatic carboxylic acids is 1. The maximum absolute atomic E-state index is 13.6. The number of carboxylic acids is 1. The van der Waals surface area contributed by atoms with Gasteiger partial charge in [-0.25, -0.2) is 4.79 Å². The SMILES string of the molecule is C=C[C@@H]1CCC(C)=C[C@H]1c1c(C)cc(CCCCC)cc1OCN(C)C/C=C1\[C@H](NC(=O)/C(=N\OC(C)(C)C(=O)O)C2=CCC(C)(N)N2)C(=O)N1S(=O)(=O)O. The number of ether oxygens (including phenoxy) is 1. The molecule has 2 aliphatic heterocycles. The van der Waals surface area contributed by atoms with Crippen molar-refractivity contribution in [3.63, 3.8) is 0 Å². The summed E-state index contributed by atoms with van der Waals surface area (Å²) < 4.78 is 41.1. The average molecular weight is 785 g/mol. The fraction of sp³-hybridized carbons (Fsp3) is 0.538. The number of rotatable bonds is 18. The van der Waals surface area contributed by atoms with E-state index in [2.05, 4.69) is 61.3 Å². The van der Waals surface area contributed by atoms with Crippen molar-refractivity contribution in [3.8, 4) is 5.75 Å². The Balaban J connectivity index is 1.58. The van der Waals surface area contributed by atoms with E-state index in [1.54, 1.807) is 24.9 Å². The minimum Gasteiger partial charge on any atom is -0.478 e. The smallest absolute Gasteiger partial charge is 0.366 e. The Kier molecular flexibility index (Phi) is 13.8. The standard InChI is InChI=1S/C39H56N6O9S/c1-9-11-12-13-26-21-25(4)32(28-20-24(3)14-15-27(28)10-2)31(22-26)53-23-44(8)19-17-30-34(36(47)45(30)55(50,51)52)41-35(46)33(29-16-18-39(7,40)42-29)43-54-38(5,6)37(48)49/h10,16-17,20-22,27-28,34,42H,2,9,11-15,18-19,23,40H2,1,3-8H3,(H,41,46)(H,48,49)(H,50,51,52)/b30-17+,43-33-/t27-,28-,34+,39?/m1/s1. The van der Waals surface area contributed by atoms with Crippen molar-refractivity contribution in [1.82, 2.24) is 19.8 Å². The number of nitrogens with zero attached hydrogens (tertiary/aromatic N) is 3. The highest BCUT2D eigenvalue weighted by Crippen LogP contribution is 2.43. The molecule has 1 aromatic carbocycles. The van der Waals surface area contributed by atoms with E-state index in [0.717, 1.165) is 55.4 Å². The second kappa shape index (κ2) is 17.5. The molecule has 0 saturated carbocycles. The van der Waals surface area contributed by atoms with E-state index in [1.165, 1.54) is 31.1 Å². The number of allylic oxidation sites excluding steroid dienone is 3. The van der Waals surface area contributed by atoms with E-state index in [1.807, 2.05) is 6.08 Å². The lowest BCUT2D eigenvalue weighted by molar-refractivity contribution is -0.161. The molecule has 4 atom stereocenters. The van der Waals surface area contributed by atoms with E-state index >= 15 is 0 Å². The van der Waals surface area contributed by atoms with Crippen LogP contribution in [0.25, 0.3) is 0 Å². The van der Waals surface area contributed by atoms with E-state index in [-0.39, 0.29) is 47.2 Å². The van der Waals surface area contributed by atoms with Crippen LogP contribution in [0, 0.1) is 12.8 Å². The van der Waals surface area contributed by atoms with Crippen LogP contribution in [0.15, 0.2) is 65.1 Å². The van der Waals surface area contributed by atoms with E-state index < -0.39 is 51.1 Å². The van der Waals surface area contributed by atoms with E-state index in [4.69, 9.17) is 15.3 Å². The molecule has 4 rings (SSSR count). The zero-order valence-electron chi connectivity index (χ0n) is 32.8. The Hall–Kier alpha value is -4.51. The van der Waals surface area contributed by atoms with Crippen LogP contribution in [-0.4, -0.2) is 88.4 Å². The fourth-order valence-corrected chi connectivity index (χ4v) is 7.51. The number of carbonyl (C=O) groups is 3. The Labute approximate surface area is 324 Å². The highest BCUT2D eigenvalue weighted by atomic mass is 32.2. The number of likely N-dealkylation sites (N-methyl/N-ethyl adjacent to an activating group) is 1. The van der Waals surface area contributed by atoms with Crippen LogP contribution in [0.3, 0.4) is 0 Å². The van der Waals surface area contributed by atoms with Gasteiger partial charge in [0.25, 0.3) is 11.8 Å². The van der Waals surface area contributed by atoms with Gasteiger partial charge in [-0.2, -0.15) is 12.7 Å². The number of unbranched alkanes of at least 4 members (excludes halogenated alkanes) is 2. The van der Waals surface area contributed by atoms with Crippen LogP contribution in [0.2, 0.25) is 0 Å². The quantitative estimate of drug-likeness (QED) is 0.0266. The van der Waals surface area contributed by atoms with Crippen molar-refractivity contribution in [2.45, 2.75) is 110 Å². The summed E-state index contributed by atoms with van der Waals surface area (Å²) in [7, 11) is -3.29. The van der Waals surface area contributed by atoms with Crippen LogP contribution in [0.4, 0.5) is 0 Å². The van der Waals surface area contributed by atoms with Crippen molar-refractivity contribution >= 4 is 33.8 Å². The van der Waals surface area contributed by atoms with Gasteiger partial charge < -0.3 is 31.0 Å². The summed E-state index contributed by atoms with van der Waals surface area (Å²) in [5.74, 6) is -2.36. The number of amides is 2. The largest absolute Gasteiger partial charge is 0.478 e. The zero-order valence-corrected chi connectivity index (χ0v) is 33.7. The van der Waals surface area contributed by atoms with Crippen molar-refractivity contribution in [2.24, 2.45) is 16.8 Å². The summed E-state index contributed by atoms with van der Waals surface area (Å²) in [5, 5.41) is 18.6. The second-order valence-corrected chi connectivity index (χ2v) is 16.7. The molecule has 2 heterocycles. The van der Waals surface area contributed by atoms with Gasteiger partial charge in [0.1, 0.15) is 12.5 Å². The molecule has 1 aliphatic carbocycles. The lowest BCUT2D eigenvalue weighted by Gasteiger charge is -2.38. The molecule has 16 heteroatoms. The van der Waals surface area contributed by atoms with Crippen LogP contribution in [-0.2, 0) is 35.9 Å². The first-order valence-corrected chi connectivity index (χ1v) is 19.9. The lowest BCUT2D eigenvalue weighted by Crippen LogP contribution is -2.64. The number of benzene rings is 1. The summed E-state index contributed by atoms with van der Waals surface area (Å²) in [4.78, 5) is 45.2. The third-order valence-corrected chi connectivity index (χ3v) is 10.8. The number of β-lactam (4-membered cyclic amide) rings is 1. The molecule has 1 saturated heterocycles. The number of hydrogen-bond donors (Lipinski definition) is 5. The Morgan fingerprint density at radius 3 is 2.58 bits per heavy atom. The maximum atomic E-state index is 13.6. The third kappa shape index (κ3) is 10.6. The van der Waals surface area contributed by atoms with Gasteiger partial charge in [0, 0.05) is 24.4 Å². The Morgan fingerprint density at radius 2 is 1.98 bits per heavy atom. The molecule has 1 aromatic rings. The number of hydrogen-bond acceptors (Lipinski definition) is 11. The first-order chi connectivity index (χ1) is 25.7. The van der Waals surface area contributed by atoms with Gasteiger partial charge >= 0.3 is 16.3 Å². The number of aryl methyl sites for hydroxylation is 2. The van der Waals surface area contributed by atoms with Crippen LogP contribution in [0.1, 0.15) is 95.8 Å². The molecule has 0 radical (unpaired) electrons. The molecule has 2 amide bonds. The van der Waals surface area contributed by atoms with Gasteiger partial charge in [-0.1, -0.05) is 54.8 Å². The number of carboxylic acid groups (broad SMARTS) is 1. The molecule has 0 aromatic heterocycles. The highest BCUT2D eigenvalue weighted by molar-refractivity contribution is 7.84. The number of carbonyl (C=O) groups excluding carboxylic acids is 2. The number of nitrogens with one attached hydrogen (secondary N) is 2. The van der Waals surface area contributed by atoms with Gasteiger partial charge in [-0.05, 0) is 96.5 Å². The molecule has 1 unspecified atom stereocenters. The molecule has 0 bridgehead atoms. The van der Waals surface area contributed by atoms with Gasteiger partial charge in [0.2, 0.25) is 5.60 Å². The number of nitrogens with two attached hydrogens (primary N) is 1. The molecular formula is C39H56N6O9S. The third-order valence-electron chi connectivity index (χ3n) is 9.95. The van der Waals surface area contributed by atoms with Crippen molar-refractivity contribution in [3.05, 3.63) is 76.7 Å². The molecular weight excluding hydrogens is 729 g/mol. The number of oxime groups is 1. The van der Waals surface area contributed by atoms with E-state index in [9.17, 15) is 32.5 Å². The normalized spacial score (nSPS) is 23.9. The molecule has 6 N–H and O–H groups in total. The van der Waals surface area contributed by atoms with Gasteiger partial charge in [-0.3, -0.25) is 19.0 Å². The summed E-state index contributed by atoms with van der Waals surface area (Å²) in [6, 6.07) is 2.83. The maximum Gasteiger partial charge on any atom is 0.366 e. The topological polar surface area (TPSA) is 213 Å². The van der Waals surface area contributed by atoms with Gasteiger partial charge in [-0.15, -0.1) is 6.58 Å². The minimum atomic E-state index is -5.04. The first kappa shape index (κ1) is 43.2. The molecule has 55 heavy (non-hydrogen) atoms. The van der Waals surface area contributed by atoms with Crippen molar-refractivity contribution < 1.29 is 42.0 Å². The van der Waals surface area contributed by atoms with Crippen molar-refractivity contribution in [1.29, 1.82) is 0 Å². The predicted molar refractivity (Wildman–Crippen MR) is 209 cm³/mol.